The second-order valence-electron chi connectivity index (χ2n) is 4.32. The van der Waals surface area contributed by atoms with Crippen molar-refractivity contribution in [3.8, 4) is 0 Å². The summed E-state index contributed by atoms with van der Waals surface area (Å²) in [7, 11) is 1.67. The van der Waals surface area contributed by atoms with Gasteiger partial charge in [-0.1, -0.05) is 0 Å². The predicted molar refractivity (Wildman–Crippen MR) is 55.3 cm³/mol. The topological polar surface area (TPSA) is 47.0 Å². The van der Waals surface area contributed by atoms with Crippen LogP contribution in [0.2, 0.25) is 0 Å². The number of nitrogens with zero attached hydrogens (tertiary/aromatic N) is 2. The molecule has 0 spiro atoms. The summed E-state index contributed by atoms with van der Waals surface area (Å²) in [6, 6.07) is 1.13. The Balaban J connectivity index is 1.95. The van der Waals surface area contributed by atoms with E-state index in [0.717, 1.165) is 12.2 Å². The van der Waals surface area contributed by atoms with Crippen molar-refractivity contribution in [2.24, 2.45) is 0 Å². The van der Waals surface area contributed by atoms with Crippen LogP contribution in [0.15, 0.2) is 6.20 Å². The minimum Gasteiger partial charge on any atom is -0.377 e. The fourth-order valence-electron chi connectivity index (χ4n) is 2.58. The van der Waals surface area contributed by atoms with Crippen LogP contribution in [0.1, 0.15) is 36.0 Å². The van der Waals surface area contributed by atoms with Gasteiger partial charge < -0.3 is 10.1 Å². The van der Waals surface area contributed by atoms with Gasteiger partial charge in [0.2, 0.25) is 0 Å². The van der Waals surface area contributed by atoms with E-state index < -0.39 is 0 Å². The van der Waals surface area contributed by atoms with E-state index in [-0.39, 0.29) is 0 Å². The third kappa shape index (κ3) is 1.54. The summed E-state index contributed by atoms with van der Waals surface area (Å²) in [5.74, 6) is 0.803. The standard InChI is InChI=1S/C11H15N3O/c1-15-6-11-12-5-8-9-3-2-7(13-9)4-10(8)14-11/h5,7,9,13H,2-4,6H2,1H3/t7-,9-/m1/s1. The fourth-order valence-corrected chi connectivity index (χ4v) is 2.58. The minimum absolute atomic E-state index is 0.496. The molecule has 2 bridgehead atoms. The van der Waals surface area contributed by atoms with Crippen LogP contribution in [0.4, 0.5) is 0 Å². The van der Waals surface area contributed by atoms with Gasteiger partial charge in [0.15, 0.2) is 5.82 Å². The Morgan fingerprint density at radius 1 is 1.53 bits per heavy atom. The van der Waals surface area contributed by atoms with Gasteiger partial charge in [0.25, 0.3) is 0 Å². The molecule has 15 heavy (non-hydrogen) atoms. The van der Waals surface area contributed by atoms with Gasteiger partial charge >= 0.3 is 0 Å². The van der Waals surface area contributed by atoms with E-state index >= 15 is 0 Å². The van der Waals surface area contributed by atoms with Gasteiger partial charge in [-0.2, -0.15) is 0 Å². The van der Waals surface area contributed by atoms with Crippen molar-refractivity contribution in [1.29, 1.82) is 0 Å². The summed E-state index contributed by atoms with van der Waals surface area (Å²) in [6.45, 7) is 0.510. The molecular formula is C11H15N3O. The molecule has 1 aromatic heterocycles. The second-order valence-corrected chi connectivity index (χ2v) is 4.32. The number of nitrogens with one attached hydrogen (secondary N) is 1. The first-order valence-electron chi connectivity index (χ1n) is 5.46. The summed E-state index contributed by atoms with van der Waals surface area (Å²) in [5.41, 5.74) is 2.52. The van der Waals surface area contributed by atoms with Gasteiger partial charge in [0, 0.05) is 37.4 Å². The molecule has 2 atom stereocenters. The van der Waals surface area contributed by atoms with E-state index in [1.807, 2.05) is 6.20 Å². The van der Waals surface area contributed by atoms with E-state index in [2.05, 4.69) is 15.3 Å². The quantitative estimate of drug-likeness (QED) is 0.781. The van der Waals surface area contributed by atoms with Crippen LogP contribution >= 0.6 is 0 Å². The number of aromatic nitrogens is 2. The molecule has 4 nitrogen and oxygen atoms in total. The average molecular weight is 205 g/mol. The SMILES string of the molecule is COCc1ncc2c(n1)C[C@H]1CC[C@H]2N1. The largest absolute Gasteiger partial charge is 0.377 e. The number of ether oxygens (including phenoxy) is 1. The Hall–Kier alpha value is -1.00. The molecule has 1 N–H and O–H groups in total. The Bertz CT molecular complexity index is 380. The number of hydrogen-bond donors (Lipinski definition) is 1. The maximum Gasteiger partial charge on any atom is 0.154 e. The first-order chi connectivity index (χ1) is 7.36. The third-order valence-electron chi connectivity index (χ3n) is 3.28. The number of methoxy groups -OCH3 is 1. The van der Waals surface area contributed by atoms with Crippen molar-refractivity contribution >= 4 is 0 Å². The molecule has 3 rings (SSSR count). The maximum atomic E-state index is 5.05. The Morgan fingerprint density at radius 2 is 2.47 bits per heavy atom. The number of rotatable bonds is 2. The van der Waals surface area contributed by atoms with E-state index in [4.69, 9.17) is 4.74 Å². The number of hydrogen-bond acceptors (Lipinski definition) is 4. The lowest BCUT2D eigenvalue weighted by atomic mass is 10.0. The molecular weight excluding hydrogens is 190 g/mol. The lowest BCUT2D eigenvalue weighted by molar-refractivity contribution is 0.177. The smallest absolute Gasteiger partial charge is 0.154 e. The summed E-state index contributed by atoms with van der Waals surface area (Å²) in [5, 5.41) is 3.59. The first kappa shape index (κ1) is 9.24. The second kappa shape index (κ2) is 3.54. The van der Waals surface area contributed by atoms with Crippen molar-refractivity contribution in [2.75, 3.05) is 7.11 Å². The van der Waals surface area contributed by atoms with Crippen LogP contribution in [-0.4, -0.2) is 23.1 Å². The molecule has 0 radical (unpaired) electrons. The van der Waals surface area contributed by atoms with Crippen molar-refractivity contribution in [3.63, 3.8) is 0 Å². The van der Waals surface area contributed by atoms with Gasteiger partial charge in [-0.3, -0.25) is 0 Å². The monoisotopic (exact) mass is 205 g/mol. The molecule has 1 aromatic rings. The fraction of sp³-hybridized carbons (Fsp3) is 0.636. The highest BCUT2D eigenvalue weighted by atomic mass is 16.5. The molecule has 1 saturated heterocycles. The van der Waals surface area contributed by atoms with Crippen LogP contribution in [0.3, 0.4) is 0 Å². The molecule has 0 aromatic carbocycles. The Labute approximate surface area is 89.1 Å². The third-order valence-corrected chi connectivity index (χ3v) is 3.28. The highest BCUT2D eigenvalue weighted by molar-refractivity contribution is 5.28. The lowest BCUT2D eigenvalue weighted by Gasteiger charge is -2.23. The van der Waals surface area contributed by atoms with Crippen molar-refractivity contribution < 1.29 is 4.74 Å². The van der Waals surface area contributed by atoms with E-state index in [0.29, 0.717) is 18.7 Å². The van der Waals surface area contributed by atoms with E-state index in [1.54, 1.807) is 7.11 Å². The summed E-state index contributed by atoms with van der Waals surface area (Å²) in [6.07, 6.45) is 5.51. The number of fused-ring (bicyclic) bond motifs is 4. The van der Waals surface area contributed by atoms with Crippen LogP contribution in [-0.2, 0) is 17.8 Å². The van der Waals surface area contributed by atoms with Crippen molar-refractivity contribution in [1.82, 2.24) is 15.3 Å². The van der Waals surface area contributed by atoms with Crippen LogP contribution in [0.25, 0.3) is 0 Å². The van der Waals surface area contributed by atoms with E-state index in [1.165, 1.54) is 24.1 Å². The minimum atomic E-state index is 0.496. The summed E-state index contributed by atoms with van der Waals surface area (Å²) in [4.78, 5) is 8.89. The predicted octanol–water partition coefficient (Wildman–Crippen LogP) is 0.972. The molecule has 3 heterocycles. The lowest BCUT2D eigenvalue weighted by Crippen LogP contribution is -2.32. The van der Waals surface area contributed by atoms with Gasteiger partial charge in [-0.25, -0.2) is 9.97 Å². The molecule has 1 fully saturated rings. The van der Waals surface area contributed by atoms with Crippen molar-refractivity contribution in [3.05, 3.63) is 23.3 Å². The molecule has 80 valence electrons. The first-order valence-corrected chi connectivity index (χ1v) is 5.46. The van der Waals surface area contributed by atoms with E-state index in [9.17, 15) is 0 Å². The highest BCUT2D eigenvalue weighted by Crippen LogP contribution is 2.34. The molecule has 2 aliphatic heterocycles. The van der Waals surface area contributed by atoms with Gasteiger partial charge in [0.1, 0.15) is 6.61 Å². The highest BCUT2D eigenvalue weighted by Gasteiger charge is 2.33. The van der Waals surface area contributed by atoms with Gasteiger partial charge in [-0.05, 0) is 12.8 Å². The Kier molecular flexibility index (Phi) is 2.18. The van der Waals surface area contributed by atoms with Crippen LogP contribution in [0.5, 0.6) is 0 Å². The molecule has 0 unspecified atom stereocenters. The Morgan fingerprint density at radius 3 is 3.33 bits per heavy atom. The van der Waals surface area contributed by atoms with Crippen LogP contribution < -0.4 is 5.32 Å². The van der Waals surface area contributed by atoms with Crippen molar-refractivity contribution in [2.45, 2.75) is 38.0 Å². The summed E-state index contributed by atoms with van der Waals surface area (Å²) >= 11 is 0. The maximum absolute atomic E-state index is 5.05. The molecule has 0 amide bonds. The average Bonchev–Trinajstić information content (AvgIpc) is 2.62. The molecule has 0 saturated carbocycles. The van der Waals surface area contributed by atoms with Gasteiger partial charge in [-0.15, -0.1) is 0 Å². The molecule has 2 aliphatic rings. The van der Waals surface area contributed by atoms with Crippen LogP contribution in [0, 0.1) is 0 Å². The zero-order chi connectivity index (χ0) is 10.3. The molecule has 0 aliphatic carbocycles. The normalized spacial score (nSPS) is 27.8. The van der Waals surface area contributed by atoms with Gasteiger partial charge in [0.05, 0.1) is 5.69 Å². The summed E-state index contributed by atoms with van der Waals surface area (Å²) < 4.78 is 5.05. The zero-order valence-electron chi connectivity index (χ0n) is 8.86. The molecule has 4 heteroatoms. The zero-order valence-corrected chi connectivity index (χ0v) is 8.86.